The van der Waals surface area contributed by atoms with Gasteiger partial charge in [-0.1, -0.05) is 19.3 Å². The van der Waals surface area contributed by atoms with E-state index in [1.54, 1.807) is 0 Å². The van der Waals surface area contributed by atoms with Crippen LogP contribution in [0.3, 0.4) is 0 Å². The van der Waals surface area contributed by atoms with E-state index in [0.29, 0.717) is 6.04 Å². The van der Waals surface area contributed by atoms with Crippen LogP contribution in [-0.4, -0.2) is 14.5 Å². The molecule has 0 bridgehead atoms. The predicted octanol–water partition coefficient (Wildman–Crippen LogP) is 4.01. The molecule has 2 aromatic heterocycles. The Morgan fingerprint density at radius 2 is 2.06 bits per heavy atom. The van der Waals surface area contributed by atoms with E-state index in [4.69, 9.17) is 0 Å². The highest BCUT2D eigenvalue weighted by atomic mass is 79.9. The number of aryl methyl sites for hydroxylation is 1. The third-order valence-corrected chi connectivity index (χ3v) is 4.24. The number of aromatic nitrogens is 3. The van der Waals surface area contributed by atoms with Gasteiger partial charge in [0, 0.05) is 22.9 Å². The summed E-state index contributed by atoms with van der Waals surface area (Å²) in [6.45, 7) is 1.95. The lowest BCUT2D eigenvalue weighted by Crippen LogP contribution is -2.12. The Labute approximate surface area is 109 Å². The third-order valence-electron chi connectivity index (χ3n) is 3.61. The summed E-state index contributed by atoms with van der Waals surface area (Å²) in [6, 6.07) is 0.617. The summed E-state index contributed by atoms with van der Waals surface area (Å²) in [5, 5.41) is 1.13. The number of nitrogens with zero attached hydrogens (tertiary/aromatic N) is 3. The Morgan fingerprint density at radius 3 is 2.82 bits per heavy atom. The predicted molar refractivity (Wildman–Crippen MR) is 72.1 cm³/mol. The number of hydrogen-bond donors (Lipinski definition) is 0. The maximum absolute atomic E-state index is 4.59. The molecule has 2 heterocycles. The molecule has 1 fully saturated rings. The molecule has 2 aromatic rings. The SMILES string of the molecule is Cc1ncc2c(Br)cn(C3CCCCC3)c2n1. The second-order valence-corrected chi connectivity index (χ2v) is 5.68. The Kier molecular flexibility index (Phi) is 2.90. The first kappa shape index (κ1) is 11.2. The zero-order valence-corrected chi connectivity index (χ0v) is 11.6. The van der Waals surface area contributed by atoms with Crippen LogP contribution in [-0.2, 0) is 0 Å². The number of rotatable bonds is 1. The molecule has 0 radical (unpaired) electrons. The second kappa shape index (κ2) is 4.41. The summed E-state index contributed by atoms with van der Waals surface area (Å²) in [5.74, 6) is 0.847. The summed E-state index contributed by atoms with van der Waals surface area (Å²) in [4.78, 5) is 8.87. The third kappa shape index (κ3) is 1.99. The van der Waals surface area contributed by atoms with Gasteiger partial charge in [0.1, 0.15) is 11.5 Å². The molecule has 1 aliphatic carbocycles. The van der Waals surface area contributed by atoms with Gasteiger partial charge in [-0.25, -0.2) is 9.97 Å². The van der Waals surface area contributed by atoms with Gasteiger partial charge >= 0.3 is 0 Å². The van der Waals surface area contributed by atoms with Crippen molar-refractivity contribution in [2.75, 3.05) is 0 Å². The molecule has 0 amide bonds. The Hall–Kier alpha value is -0.900. The van der Waals surface area contributed by atoms with Crippen LogP contribution in [0, 0.1) is 6.92 Å². The van der Waals surface area contributed by atoms with Crippen molar-refractivity contribution >= 4 is 27.0 Å². The normalized spacial score (nSPS) is 17.8. The van der Waals surface area contributed by atoms with Gasteiger partial charge in [-0.2, -0.15) is 0 Å². The molecular weight excluding hydrogens is 278 g/mol. The van der Waals surface area contributed by atoms with E-state index >= 15 is 0 Å². The van der Waals surface area contributed by atoms with Gasteiger partial charge in [0.25, 0.3) is 0 Å². The maximum Gasteiger partial charge on any atom is 0.145 e. The van der Waals surface area contributed by atoms with Crippen LogP contribution in [0.4, 0.5) is 0 Å². The van der Waals surface area contributed by atoms with Crippen LogP contribution in [0.1, 0.15) is 44.0 Å². The molecule has 0 saturated heterocycles. The van der Waals surface area contributed by atoms with E-state index in [9.17, 15) is 0 Å². The smallest absolute Gasteiger partial charge is 0.145 e. The van der Waals surface area contributed by atoms with E-state index in [2.05, 4.69) is 36.7 Å². The highest BCUT2D eigenvalue weighted by molar-refractivity contribution is 9.10. The molecule has 0 aliphatic heterocycles. The van der Waals surface area contributed by atoms with Crippen LogP contribution >= 0.6 is 15.9 Å². The van der Waals surface area contributed by atoms with Gasteiger partial charge in [0.2, 0.25) is 0 Å². The number of hydrogen-bond acceptors (Lipinski definition) is 2. The van der Waals surface area contributed by atoms with Gasteiger partial charge in [-0.05, 0) is 35.7 Å². The summed E-state index contributed by atoms with van der Waals surface area (Å²) in [5.41, 5.74) is 1.08. The fourth-order valence-corrected chi connectivity index (χ4v) is 3.21. The quantitative estimate of drug-likeness (QED) is 0.795. The van der Waals surface area contributed by atoms with Crippen LogP contribution < -0.4 is 0 Å². The van der Waals surface area contributed by atoms with Crippen molar-refractivity contribution < 1.29 is 0 Å². The summed E-state index contributed by atoms with van der Waals surface area (Å²) < 4.78 is 3.45. The first-order valence-electron chi connectivity index (χ1n) is 6.25. The number of halogens is 1. The molecule has 90 valence electrons. The highest BCUT2D eigenvalue weighted by Crippen LogP contribution is 2.33. The summed E-state index contributed by atoms with van der Waals surface area (Å²) in [7, 11) is 0. The highest BCUT2D eigenvalue weighted by Gasteiger charge is 2.19. The average Bonchev–Trinajstić information content (AvgIpc) is 2.67. The van der Waals surface area contributed by atoms with Crippen LogP contribution in [0.25, 0.3) is 11.0 Å². The van der Waals surface area contributed by atoms with Crippen molar-refractivity contribution in [3.05, 3.63) is 22.7 Å². The molecule has 1 saturated carbocycles. The summed E-state index contributed by atoms with van der Waals surface area (Å²) >= 11 is 3.61. The van der Waals surface area contributed by atoms with Crippen molar-refractivity contribution in [1.82, 2.24) is 14.5 Å². The minimum Gasteiger partial charge on any atom is -0.328 e. The molecular formula is C13H16BrN3. The lowest BCUT2D eigenvalue weighted by Gasteiger charge is -2.23. The second-order valence-electron chi connectivity index (χ2n) is 4.83. The molecule has 3 nitrogen and oxygen atoms in total. The lowest BCUT2D eigenvalue weighted by atomic mass is 9.95. The van der Waals surface area contributed by atoms with Gasteiger partial charge in [0.05, 0.1) is 5.39 Å². The topological polar surface area (TPSA) is 30.7 Å². The lowest BCUT2D eigenvalue weighted by molar-refractivity contribution is 0.359. The minimum absolute atomic E-state index is 0.617. The van der Waals surface area contributed by atoms with Gasteiger partial charge in [-0.15, -0.1) is 0 Å². The average molecular weight is 294 g/mol. The van der Waals surface area contributed by atoms with Crippen LogP contribution in [0.2, 0.25) is 0 Å². The maximum atomic E-state index is 4.59. The van der Waals surface area contributed by atoms with E-state index in [0.717, 1.165) is 21.3 Å². The fraction of sp³-hybridized carbons (Fsp3) is 0.538. The monoisotopic (exact) mass is 293 g/mol. The molecule has 1 aliphatic rings. The first-order valence-corrected chi connectivity index (χ1v) is 7.04. The van der Waals surface area contributed by atoms with Crippen molar-refractivity contribution in [1.29, 1.82) is 0 Å². The molecule has 17 heavy (non-hydrogen) atoms. The fourth-order valence-electron chi connectivity index (χ4n) is 2.71. The van der Waals surface area contributed by atoms with Crippen molar-refractivity contribution in [2.24, 2.45) is 0 Å². The van der Waals surface area contributed by atoms with Gasteiger partial charge in [-0.3, -0.25) is 0 Å². The molecule has 4 heteroatoms. The Bertz CT molecular complexity index is 541. The number of fused-ring (bicyclic) bond motifs is 1. The van der Waals surface area contributed by atoms with Gasteiger partial charge < -0.3 is 4.57 Å². The Balaban J connectivity index is 2.11. The summed E-state index contributed by atoms with van der Waals surface area (Å²) in [6.07, 6.45) is 10.7. The Morgan fingerprint density at radius 1 is 1.29 bits per heavy atom. The van der Waals surface area contributed by atoms with Gasteiger partial charge in [0.15, 0.2) is 0 Å². The molecule has 0 atom stereocenters. The van der Waals surface area contributed by atoms with Crippen molar-refractivity contribution in [3.8, 4) is 0 Å². The molecule has 0 N–H and O–H groups in total. The molecule has 0 unspecified atom stereocenters. The zero-order chi connectivity index (χ0) is 11.8. The van der Waals surface area contributed by atoms with E-state index in [-0.39, 0.29) is 0 Å². The minimum atomic E-state index is 0.617. The largest absolute Gasteiger partial charge is 0.328 e. The van der Waals surface area contributed by atoms with E-state index in [1.165, 1.54) is 32.1 Å². The van der Waals surface area contributed by atoms with Crippen LogP contribution in [0.5, 0.6) is 0 Å². The van der Waals surface area contributed by atoms with E-state index in [1.807, 2.05) is 13.1 Å². The molecule has 0 aromatic carbocycles. The molecule has 0 spiro atoms. The molecule has 3 rings (SSSR count). The zero-order valence-electron chi connectivity index (χ0n) is 9.99. The van der Waals surface area contributed by atoms with Crippen molar-refractivity contribution in [3.63, 3.8) is 0 Å². The first-order chi connectivity index (χ1) is 8.25. The van der Waals surface area contributed by atoms with Crippen molar-refractivity contribution in [2.45, 2.75) is 45.1 Å². The standard InChI is InChI=1S/C13H16BrN3/c1-9-15-7-11-12(14)8-17(13(11)16-9)10-5-3-2-4-6-10/h7-8,10H,2-6H2,1H3. The van der Waals surface area contributed by atoms with E-state index < -0.39 is 0 Å². The van der Waals surface area contributed by atoms with Crippen LogP contribution in [0.15, 0.2) is 16.9 Å².